The average molecular weight is 612 g/mol. The summed E-state index contributed by atoms with van der Waals surface area (Å²) in [6.45, 7) is 0.237. The van der Waals surface area contributed by atoms with Crippen LogP contribution in [0.25, 0.3) is 0 Å². The lowest BCUT2D eigenvalue weighted by Gasteiger charge is -2.35. The van der Waals surface area contributed by atoms with Crippen molar-refractivity contribution in [3.05, 3.63) is 69.8 Å². The van der Waals surface area contributed by atoms with Crippen molar-refractivity contribution in [2.24, 2.45) is 16.8 Å². The normalized spacial score (nSPS) is 18.2. The predicted octanol–water partition coefficient (Wildman–Crippen LogP) is 7.02. The van der Waals surface area contributed by atoms with E-state index < -0.39 is 53.2 Å². The maximum atomic E-state index is 13.8. The van der Waals surface area contributed by atoms with Gasteiger partial charge < -0.3 is 10.5 Å². The molecule has 1 fully saturated rings. The summed E-state index contributed by atoms with van der Waals surface area (Å²) in [5.41, 5.74) is 4.17. The van der Waals surface area contributed by atoms with Gasteiger partial charge in [-0.1, -0.05) is 25.3 Å². The lowest BCUT2D eigenvalue weighted by atomic mass is 9.90. The molecule has 0 bridgehead atoms. The molecular weight excluding hydrogens is 581 g/mol. The van der Waals surface area contributed by atoms with Gasteiger partial charge in [0.15, 0.2) is 0 Å². The molecule has 0 radical (unpaired) electrons. The second kappa shape index (κ2) is 12.2. The number of rotatable bonds is 8. The van der Waals surface area contributed by atoms with Crippen LogP contribution in [0.5, 0.6) is 0 Å². The Morgan fingerprint density at radius 2 is 1.48 bits per heavy atom. The Morgan fingerprint density at radius 3 is 2.00 bits per heavy atom. The summed E-state index contributed by atoms with van der Waals surface area (Å²) in [6, 6.07) is 2.67. The number of hydrogen-bond donors (Lipinski definition) is 2. The van der Waals surface area contributed by atoms with Crippen molar-refractivity contribution >= 4 is 5.96 Å². The van der Waals surface area contributed by atoms with Gasteiger partial charge in [0.25, 0.3) is 0 Å². The van der Waals surface area contributed by atoms with E-state index in [1.807, 2.05) is 0 Å². The number of halogens is 9. The monoisotopic (exact) mass is 611 g/mol. The lowest BCUT2D eigenvalue weighted by molar-refractivity contribution is -0.143. The predicted molar refractivity (Wildman–Crippen MR) is 135 cm³/mol. The molecule has 4 rings (SSSR count). The number of nitrogens with two attached hydrogens (primary N) is 1. The van der Waals surface area contributed by atoms with Gasteiger partial charge in [-0.3, -0.25) is 0 Å². The van der Waals surface area contributed by atoms with Gasteiger partial charge in [0, 0.05) is 13.7 Å². The van der Waals surface area contributed by atoms with E-state index in [1.54, 1.807) is 0 Å². The van der Waals surface area contributed by atoms with Gasteiger partial charge in [-0.25, -0.2) is 10.5 Å². The molecule has 0 amide bonds. The van der Waals surface area contributed by atoms with Crippen LogP contribution < -0.4 is 11.3 Å². The van der Waals surface area contributed by atoms with E-state index in [2.05, 4.69) is 10.6 Å². The quantitative estimate of drug-likeness (QED) is 0.314. The van der Waals surface area contributed by atoms with Crippen molar-refractivity contribution in [2.75, 3.05) is 13.7 Å². The fraction of sp³-hybridized carbons (Fsp3) is 0.519. The van der Waals surface area contributed by atoms with E-state index in [0.29, 0.717) is 18.7 Å². The number of nitrogens with one attached hydrogen (secondary N) is 1. The fourth-order valence-corrected chi connectivity index (χ4v) is 5.34. The van der Waals surface area contributed by atoms with Gasteiger partial charge in [0.05, 0.1) is 29.3 Å². The summed E-state index contributed by atoms with van der Waals surface area (Å²) in [6.07, 6.45) is -10.4. The first-order valence-electron chi connectivity index (χ1n) is 13.2. The molecule has 1 saturated carbocycles. The van der Waals surface area contributed by atoms with Crippen LogP contribution in [-0.4, -0.2) is 29.7 Å². The van der Waals surface area contributed by atoms with Crippen LogP contribution in [0.3, 0.4) is 0 Å². The molecule has 15 heteroatoms. The minimum Gasteiger partial charge on any atom is -0.376 e. The third-order valence-corrected chi connectivity index (χ3v) is 7.41. The standard InChI is InChI=1S/C27H30F9N5O/c1-40-39-38-24(37)41(40)23(11-17-9-20(26(31,32)33)12-21(10-17)27(34,35)36)22-13-19(25(28,29)30)8-7-18(22)15-42-14-16-5-3-2-4-6-16/h7-10,12-13,16,23,39H,2-6,11,14-15H2,1H3,(H2,37,38). The van der Waals surface area contributed by atoms with Gasteiger partial charge in [0.2, 0.25) is 5.96 Å². The van der Waals surface area contributed by atoms with Crippen molar-refractivity contribution in [1.29, 1.82) is 0 Å². The first-order chi connectivity index (χ1) is 19.5. The zero-order valence-electron chi connectivity index (χ0n) is 22.5. The van der Waals surface area contributed by atoms with Crippen LogP contribution in [0.2, 0.25) is 0 Å². The van der Waals surface area contributed by atoms with Crippen LogP contribution in [0.15, 0.2) is 41.5 Å². The second-order valence-corrected chi connectivity index (χ2v) is 10.5. The summed E-state index contributed by atoms with van der Waals surface area (Å²) >= 11 is 0. The van der Waals surface area contributed by atoms with Crippen molar-refractivity contribution in [3.63, 3.8) is 0 Å². The van der Waals surface area contributed by atoms with Gasteiger partial charge in [0.1, 0.15) is 0 Å². The maximum Gasteiger partial charge on any atom is 0.416 e. The lowest BCUT2D eigenvalue weighted by Crippen LogP contribution is -2.48. The molecule has 6 nitrogen and oxygen atoms in total. The van der Waals surface area contributed by atoms with Crippen LogP contribution in [0.4, 0.5) is 39.5 Å². The Morgan fingerprint density at radius 1 is 0.881 bits per heavy atom. The molecule has 2 aromatic carbocycles. The highest BCUT2D eigenvalue weighted by Gasteiger charge is 2.39. The smallest absolute Gasteiger partial charge is 0.376 e. The minimum absolute atomic E-state index is 0.00727. The summed E-state index contributed by atoms with van der Waals surface area (Å²) in [5, 5.41) is 6.17. The second-order valence-electron chi connectivity index (χ2n) is 10.5. The van der Waals surface area contributed by atoms with Gasteiger partial charge >= 0.3 is 18.5 Å². The third kappa shape index (κ3) is 7.60. The van der Waals surface area contributed by atoms with E-state index in [0.717, 1.165) is 44.2 Å². The highest BCUT2D eigenvalue weighted by atomic mass is 19.4. The number of ether oxygens (including phenoxy) is 1. The Bertz CT molecular complexity index is 1240. The first kappa shape index (κ1) is 31.7. The molecule has 1 aliphatic carbocycles. The van der Waals surface area contributed by atoms with Gasteiger partial charge in [-0.2, -0.15) is 39.5 Å². The maximum absolute atomic E-state index is 13.8. The van der Waals surface area contributed by atoms with Crippen LogP contribution >= 0.6 is 0 Å². The molecule has 0 spiro atoms. The zero-order chi connectivity index (χ0) is 30.9. The fourth-order valence-electron chi connectivity index (χ4n) is 5.34. The van der Waals surface area contributed by atoms with Crippen LogP contribution in [-0.2, 0) is 36.3 Å². The number of benzene rings is 2. The Hall–Kier alpha value is -3.20. The van der Waals surface area contributed by atoms with E-state index in [9.17, 15) is 39.5 Å². The average Bonchev–Trinajstić information content (AvgIpc) is 3.23. The summed E-state index contributed by atoms with van der Waals surface area (Å²) in [4.78, 5) is 0. The highest BCUT2D eigenvalue weighted by Crippen LogP contribution is 2.40. The molecule has 2 aromatic rings. The molecule has 0 saturated heterocycles. The molecular formula is C27H30F9N5O. The van der Waals surface area contributed by atoms with Crippen molar-refractivity contribution < 1.29 is 44.3 Å². The molecule has 1 atom stereocenters. The minimum atomic E-state index is -5.10. The SMILES string of the molecule is CN1NN=C(N)N1C(Cc1cc(C(F)(F)F)cc(C(F)(F)F)c1)c1cc(C(F)(F)F)ccc1COCC1CCCCC1. The first-order valence-corrected chi connectivity index (χ1v) is 13.2. The number of hydrazine groups is 2. The molecule has 1 aliphatic heterocycles. The molecule has 3 N–H and O–H groups in total. The zero-order valence-corrected chi connectivity index (χ0v) is 22.5. The summed E-state index contributed by atoms with van der Waals surface area (Å²) in [7, 11) is 1.40. The van der Waals surface area contributed by atoms with E-state index in [-0.39, 0.29) is 35.7 Å². The number of guanidine groups is 1. The van der Waals surface area contributed by atoms with Gasteiger partial charge in [-0.15, -0.1) is 10.2 Å². The largest absolute Gasteiger partial charge is 0.416 e. The summed E-state index contributed by atoms with van der Waals surface area (Å²) in [5.74, 6) is 0.0343. The van der Waals surface area contributed by atoms with Crippen molar-refractivity contribution in [2.45, 2.75) is 69.7 Å². The van der Waals surface area contributed by atoms with E-state index >= 15 is 0 Å². The van der Waals surface area contributed by atoms with E-state index in [1.165, 1.54) is 23.2 Å². The third-order valence-electron chi connectivity index (χ3n) is 7.41. The Kier molecular flexibility index (Phi) is 9.21. The highest BCUT2D eigenvalue weighted by molar-refractivity contribution is 5.79. The molecule has 2 aliphatic rings. The Balaban J connectivity index is 1.79. The van der Waals surface area contributed by atoms with Crippen LogP contribution in [0, 0.1) is 5.92 Å². The topological polar surface area (TPSA) is 66.1 Å². The van der Waals surface area contributed by atoms with Gasteiger partial charge in [-0.05, 0) is 72.2 Å². The molecule has 1 unspecified atom stereocenters. The molecule has 232 valence electrons. The number of alkyl halides is 9. The number of hydrogen-bond acceptors (Lipinski definition) is 6. The summed E-state index contributed by atoms with van der Waals surface area (Å²) < 4.78 is 129. The van der Waals surface area contributed by atoms with Crippen LogP contribution in [0.1, 0.15) is 71.5 Å². The number of nitrogens with zero attached hydrogens (tertiary/aromatic N) is 3. The van der Waals surface area contributed by atoms with Crippen molar-refractivity contribution in [1.82, 2.24) is 15.7 Å². The Labute approximate surface area is 236 Å². The molecule has 0 aromatic heterocycles. The molecule has 1 heterocycles. The van der Waals surface area contributed by atoms with E-state index in [4.69, 9.17) is 10.5 Å². The molecule has 42 heavy (non-hydrogen) atoms. The van der Waals surface area contributed by atoms with Crippen molar-refractivity contribution in [3.8, 4) is 0 Å². The number of hydrazone groups is 1.